The largest absolute Gasteiger partial charge is 0.481 e. The molecule has 1 aromatic carbocycles. The molecule has 1 aromatic rings. The molecule has 0 spiro atoms. The number of aliphatic carboxylic acids is 1. The highest BCUT2D eigenvalue weighted by Crippen LogP contribution is 2.43. The number of carbonyl (C=O) groups excluding carboxylic acids is 3. The van der Waals surface area contributed by atoms with E-state index in [-0.39, 0.29) is 35.1 Å². The molecular formula is C18H18N2O6. The number of ether oxygens (including phenoxy) is 1. The van der Waals surface area contributed by atoms with Crippen molar-refractivity contribution in [1.29, 1.82) is 0 Å². The molecule has 3 amide bonds. The van der Waals surface area contributed by atoms with Crippen LogP contribution in [0.4, 0.5) is 0 Å². The molecule has 2 saturated heterocycles. The highest BCUT2D eigenvalue weighted by atomic mass is 16.5. The first-order valence-corrected chi connectivity index (χ1v) is 8.42. The van der Waals surface area contributed by atoms with Crippen molar-refractivity contribution >= 4 is 23.7 Å². The van der Waals surface area contributed by atoms with Gasteiger partial charge in [-0.2, -0.15) is 0 Å². The van der Waals surface area contributed by atoms with Crippen LogP contribution in [0, 0.1) is 11.3 Å². The van der Waals surface area contributed by atoms with Crippen LogP contribution in [-0.2, 0) is 9.53 Å². The number of nitrogens with zero attached hydrogens (tertiary/aromatic N) is 2. The molecule has 2 fully saturated rings. The van der Waals surface area contributed by atoms with E-state index in [9.17, 15) is 24.3 Å². The van der Waals surface area contributed by atoms with E-state index in [2.05, 4.69) is 0 Å². The first-order chi connectivity index (χ1) is 12.3. The summed E-state index contributed by atoms with van der Waals surface area (Å²) in [5.74, 6) is -2.32. The summed E-state index contributed by atoms with van der Waals surface area (Å²) in [7, 11) is 1.40. The van der Waals surface area contributed by atoms with Gasteiger partial charge in [0.2, 0.25) is 0 Å². The smallest absolute Gasteiger partial charge is 0.311 e. The van der Waals surface area contributed by atoms with Gasteiger partial charge in [-0.25, -0.2) is 0 Å². The van der Waals surface area contributed by atoms with E-state index in [1.165, 1.54) is 30.1 Å². The fourth-order valence-corrected chi connectivity index (χ4v) is 4.13. The highest BCUT2D eigenvalue weighted by Gasteiger charge is 2.55. The summed E-state index contributed by atoms with van der Waals surface area (Å²) in [6, 6.07) is 4.41. The molecule has 136 valence electrons. The Kier molecular flexibility index (Phi) is 3.62. The maximum atomic E-state index is 12.9. The van der Waals surface area contributed by atoms with Crippen LogP contribution in [0.25, 0.3) is 0 Å². The van der Waals surface area contributed by atoms with Crippen LogP contribution in [0.15, 0.2) is 18.2 Å². The van der Waals surface area contributed by atoms with E-state index in [1.807, 2.05) is 0 Å². The van der Waals surface area contributed by atoms with E-state index in [0.717, 1.165) is 4.90 Å². The van der Waals surface area contributed by atoms with Crippen LogP contribution < -0.4 is 0 Å². The van der Waals surface area contributed by atoms with Crippen LogP contribution in [0.2, 0.25) is 0 Å². The lowest BCUT2D eigenvalue weighted by Crippen LogP contribution is -2.45. The molecule has 0 bridgehead atoms. The molecule has 8 nitrogen and oxygen atoms in total. The molecule has 3 aliphatic rings. The maximum Gasteiger partial charge on any atom is 0.311 e. The van der Waals surface area contributed by atoms with Gasteiger partial charge in [0.05, 0.1) is 23.1 Å². The third-order valence-corrected chi connectivity index (χ3v) is 5.76. The van der Waals surface area contributed by atoms with Crippen molar-refractivity contribution in [2.75, 3.05) is 33.4 Å². The summed E-state index contributed by atoms with van der Waals surface area (Å²) < 4.78 is 5.40. The van der Waals surface area contributed by atoms with Gasteiger partial charge >= 0.3 is 5.97 Å². The van der Waals surface area contributed by atoms with E-state index in [4.69, 9.17) is 4.74 Å². The average Bonchev–Trinajstić information content (AvgIpc) is 3.14. The van der Waals surface area contributed by atoms with Crippen molar-refractivity contribution < 1.29 is 29.0 Å². The number of fused-ring (bicyclic) bond motifs is 2. The van der Waals surface area contributed by atoms with Gasteiger partial charge in [-0.3, -0.25) is 24.1 Å². The van der Waals surface area contributed by atoms with E-state index in [0.29, 0.717) is 26.2 Å². The average molecular weight is 358 g/mol. The lowest BCUT2D eigenvalue weighted by molar-refractivity contribution is -0.157. The van der Waals surface area contributed by atoms with Crippen molar-refractivity contribution in [1.82, 2.24) is 9.80 Å². The third-order valence-electron chi connectivity index (χ3n) is 5.76. The Balaban J connectivity index is 1.63. The number of carbonyl (C=O) groups is 4. The molecule has 3 aliphatic heterocycles. The molecule has 0 saturated carbocycles. The number of rotatable bonds is 2. The molecule has 3 heterocycles. The number of likely N-dealkylation sites (tertiary alicyclic amines) is 1. The number of imide groups is 1. The first-order valence-electron chi connectivity index (χ1n) is 8.42. The molecule has 2 atom stereocenters. The quantitative estimate of drug-likeness (QED) is 0.771. The molecular weight excluding hydrogens is 340 g/mol. The van der Waals surface area contributed by atoms with Gasteiger partial charge in [-0.15, -0.1) is 0 Å². The van der Waals surface area contributed by atoms with Crippen molar-refractivity contribution in [3.05, 3.63) is 34.9 Å². The van der Waals surface area contributed by atoms with Gasteiger partial charge in [-0.1, -0.05) is 0 Å². The SMILES string of the molecule is CN1C(=O)c2ccc(C(=O)N3C[C@H]4COCC[C@@]4(C(=O)O)C3)cc2C1=O. The summed E-state index contributed by atoms with van der Waals surface area (Å²) in [5.41, 5.74) is -0.215. The molecule has 0 radical (unpaired) electrons. The summed E-state index contributed by atoms with van der Waals surface area (Å²) in [6.45, 7) is 1.11. The monoisotopic (exact) mass is 358 g/mol. The topological polar surface area (TPSA) is 104 Å². The molecule has 26 heavy (non-hydrogen) atoms. The van der Waals surface area contributed by atoms with Crippen molar-refractivity contribution in [2.45, 2.75) is 6.42 Å². The molecule has 4 rings (SSSR count). The Labute approximate surface area is 149 Å². The Morgan fingerprint density at radius 3 is 2.65 bits per heavy atom. The number of amides is 3. The van der Waals surface area contributed by atoms with Crippen LogP contribution in [0.1, 0.15) is 37.5 Å². The number of hydrogen-bond donors (Lipinski definition) is 1. The Morgan fingerprint density at radius 2 is 1.96 bits per heavy atom. The summed E-state index contributed by atoms with van der Waals surface area (Å²) >= 11 is 0. The van der Waals surface area contributed by atoms with E-state index in [1.54, 1.807) is 0 Å². The van der Waals surface area contributed by atoms with Gasteiger partial charge in [0.1, 0.15) is 0 Å². The summed E-state index contributed by atoms with van der Waals surface area (Å²) in [6.07, 6.45) is 0.374. The summed E-state index contributed by atoms with van der Waals surface area (Å²) in [4.78, 5) is 51.4. The number of carboxylic acids is 1. The normalized spacial score (nSPS) is 27.5. The molecule has 0 unspecified atom stereocenters. The number of benzene rings is 1. The minimum absolute atomic E-state index is 0.124. The van der Waals surface area contributed by atoms with E-state index >= 15 is 0 Å². The standard InChI is InChI=1S/C18H18N2O6/c1-19-15(22)12-3-2-10(6-13(12)16(19)23)14(21)20-7-11-8-26-5-4-18(11,9-20)17(24)25/h2-3,6,11H,4-5,7-9H2,1H3,(H,24,25)/t11-,18+/m0/s1. The van der Waals surface area contributed by atoms with Crippen LogP contribution >= 0.6 is 0 Å². The zero-order valence-corrected chi connectivity index (χ0v) is 14.2. The van der Waals surface area contributed by atoms with Crippen molar-refractivity contribution in [3.8, 4) is 0 Å². The Bertz CT molecular complexity index is 850. The molecule has 0 aliphatic carbocycles. The minimum Gasteiger partial charge on any atom is -0.481 e. The van der Waals surface area contributed by atoms with Crippen LogP contribution in [-0.4, -0.2) is 71.9 Å². The second kappa shape index (κ2) is 5.63. The second-order valence-corrected chi connectivity index (χ2v) is 7.10. The minimum atomic E-state index is -0.976. The zero-order chi connectivity index (χ0) is 18.6. The van der Waals surface area contributed by atoms with Crippen LogP contribution in [0.5, 0.6) is 0 Å². The second-order valence-electron chi connectivity index (χ2n) is 7.10. The lowest BCUT2D eigenvalue weighted by atomic mass is 9.74. The predicted octanol–water partition coefficient (Wildman–Crippen LogP) is 0.476. The molecule has 1 N–H and O–H groups in total. The summed E-state index contributed by atoms with van der Waals surface area (Å²) in [5, 5.41) is 9.71. The fraction of sp³-hybridized carbons (Fsp3) is 0.444. The van der Waals surface area contributed by atoms with Gasteiger partial charge in [0.25, 0.3) is 17.7 Å². The van der Waals surface area contributed by atoms with Gasteiger partial charge in [0, 0.05) is 38.2 Å². The van der Waals surface area contributed by atoms with Gasteiger partial charge in [0.15, 0.2) is 0 Å². The lowest BCUT2D eigenvalue weighted by Gasteiger charge is -2.33. The van der Waals surface area contributed by atoms with E-state index < -0.39 is 23.2 Å². The van der Waals surface area contributed by atoms with Gasteiger partial charge in [-0.05, 0) is 24.6 Å². The maximum absolute atomic E-state index is 12.9. The first kappa shape index (κ1) is 16.7. The fourth-order valence-electron chi connectivity index (χ4n) is 4.13. The predicted molar refractivity (Wildman–Crippen MR) is 87.8 cm³/mol. The number of carboxylic acid groups (broad SMARTS) is 1. The number of hydrogen-bond acceptors (Lipinski definition) is 5. The van der Waals surface area contributed by atoms with Crippen molar-refractivity contribution in [2.24, 2.45) is 11.3 Å². The van der Waals surface area contributed by atoms with Crippen LogP contribution in [0.3, 0.4) is 0 Å². The zero-order valence-electron chi connectivity index (χ0n) is 14.2. The van der Waals surface area contributed by atoms with Crippen molar-refractivity contribution in [3.63, 3.8) is 0 Å². The molecule has 8 heteroatoms. The van der Waals surface area contributed by atoms with Gasteiger partial charge < -0.3 is 14.7 Å². The third kappa shape index (κ3) is 2.18. The Hall–Kier alpha value is -2.74. The molecule has 0 aromatic heterocycles. The highest BCUT2D eigenvalue weighted by molar-refractivity contribution is 6.21. The Morgan fingerprint density at radius 1 is 1.23 bits per heavy atom.